The molecular formula is C13H27ClN2O3S. The minimum Gasteiger partial charge on any atom is -0.342 e. The maximum Gasteiger partial charge on any atom is 0.237 e. The van der Waals surface area contributed by atoms with Gasteiger partial charge in [-0.25, -0.2) is 8.42 Å². The molecule has 1 amide bonds. The van der Waals surface area contributed by atoms with Crippen molar-refractivity contribution in [1.82, 2.24) is 4.90 Å². The molecule has 1 heterocycles. The quantitative estimate of drug-likeness (QED) is 0.713. The molecular weight excluding hydrogens is 300 g/mol. The summed E-state index contributed by atoms with van der Waals surface area (Å²) >= 11 is 0. The SMILES string of the molecule is CCCCCS(=O)(=O)CC(=O)N1CCC(CN)CC1.Cl. The zero-order valence-corrected chi connectivity index (χ0v) is 13.8. The van der Waals surface area contributed by atoms with Crippen molar-refractivity contribution < 1.29 is 13.2 Å². The summed E-state index contributed by atoms with van der Waals surface area (Å²) in [5.41, 5.74) is 5.60. The van der Waals surface area contributed by atoms with E-state index in [2.05, 4.69) is 0 Å². The lowest BCUT2D eigenvalue weighted by molar-refractivity contribution is -0.129. The minimum absolute atomic E-state index is 0. The number of halogens is 1. The van der Waals surface area contributed by atoms with Crippen LogP contribution in [0, 0.1) is 5.92 Å². The van der Waals surface area contributed by atoms with Crippen LogP contribution < -0.4 is 5.73 Å². The fraction of sp³-hybridized carbons (Fsp3) is 0.923. The van der Waals surface area contributed by atoms with Crippen LogP contribution in [0.15, 0.2) is 0 Å². The third-order valence-electron chi connectivity index (χ3n) is 3.70. The molecule has 2 N–H and O–H groups in total. The molecule has 1 aliphatic heterocycles. The number of carbonyl (C=O) groups is 1. The summed E-state index contributed by atoms with van der Waals surface area (Å²) in [7, 11) is -3.24. The molecule has 0 bridgehead atoms. The number of rotatable bonds is 7. The third kappa shape index (κ3) is 6.90. The smallest absolute Gasteiger partial charge is 0.237 e. The number of hydrogen-bond acceptors (Lipinski definition) is 4. The molecule has 120 valence electrons. The van der Waals surface area contributed by atoms with E-state index in [9.17, 15) is 13.2 Å². The van der Waals surface area contributed by atoms with Crippen molar-refractivity contribution in [1.29, 1.82) is 0 Å². The van der Waals surface area contributed by atoms with E-state index in [-0.39, 0.29) is 29.8 Å². The van der Waals surface area contributed by atoms with Gasteiger partial charge in [-0.15, -0.1) is 12.4 Å². The largest absolute Gasteiger partial charge is 0.342 e. The normalized spacial score (nSPS) is 16.8. The zero-order chi connectivity index (χ0) is 14.3. The summed E-state index contributed by atoms with van der Waals surface area (Å²) in [4.78, 5) is 13.6. The summed E-state index contributed by atoms with van der Waals surface area (Å²) < 4.78 is 23.6. The lowest BCUT2D eigenvalue weighted by Gasteiger charge is -2.31. The topological polar surface area (TPSA) is 80.5 Å². The summed E-state index contributed by atoms with van der Waals surface area (Å²) in [5.74, 6) is 0.0349. The molecule has 5 nitrogen and oxygen atoms in total. The summed E-state index contributed by atoms with van der Waals surface area (Å²) in [5, 5.41) is 0. The molecule has 0 saturated carbocycles. The second-order valence-electron chi connectivity index (χ2n) is 5.36. The number of carbonyl (C=O) groups excluding carboxylic acids is 1. The molecule has 0 aromatic carbocycles. The molecule has 0 aromatic rings. The number of hydrogen-bond donors (Lipinski definition) is 1. The van der Waals surface area contributed by atoms with Gasteiger partial charge in [-0.2, -0.15) is 0 Å². The second-order valence-corrected chi connectivity index (χ2v) is 7.54. The van der Waals surface area contributed by atoms with Crippen LogP contribution in [0.1, 0.15) is 39.0 Å². The van der Waals surface area contributed by atoms with Crippen molar-refractivity contribution >= 4 is 28.2 Å². The number of unbranched alkanes of at least 4 members (excludes halogenated alkanes) is 2. The molecule has 1 saturated heterocycles. The predicted octanol–water partition coefficient (Wildman–Crippen LogP) is 1.21. The van der Waals surface area contributed by atoms with Gasteiger partial charge < -0.3 is 10.6 Å². The highest BCUT2D eigenvalue weighted by Crippen LogP contribution is 2.16. The van der Waals surface area contributed by atoms with E-state index < -0.39 is 9.84 Å². The van der Waals surface area contributed by atoms with Crippen molar-refractivity contribution in [2.75, 3.05) is 31.1 Å². The zero-order valence-electron chi connectivity index (χ0n) is 12.2. The van der Waals surface area contributed by atoms with Gasteiger partial charge >= 0.3 is 0 Å². The van der Waals surface area contributed by atoms with Crippen LogP contribution in [0.25, 0.3) is 0 Å². The van der Waals surface area contributed by atoms with Gasteiger partial charge in [0.15, 0.2) is 9.84 Å². The number of nitrogens with two attached hydrogens (primary N) is 1. The van der Waals surface area contributed by atoms with E-state index in [1.165, 1.54) is 0 Å². The lowest BCUT2D eigenvalue weighted by Crippen LogP contribution is -2.42. The highest BCUT2D eigenvalue weighted by molar-refractivity contribution is 7.92. The Kier molecular flexibility index (Phi) is 9.42. The summed E-state index contributed by atoms with van der Waals surface area (Å²) in [6, 6.07) is 0. The van der Waals surface area contributed by atoms with Crippen LogP contribution in [-0.4, -0.2) is 50.4 Å². The van der Waals surface area contributed by atoms with Crippen LogP contribution in [0.3, 0.4) is 0 Å². The number of piperidine rings is 1. The minimum atomic E-state index is -3.24. The first-order valence-corrected chi connectivity index (χ1v) is 8.99. The van der Waals surface area contributed by atoms with Gasteiger partial charge in [-0.3, -0.25) is 4.79 Å². The van der Waals surface area contributed by atoms with Crippen molar-refractivity contribution in [2.24, 2.45) is 11.7 Å². The van der Waals surface area contributed by atoms with Crippen molar-refractivity contribution in [3.63, 3.8) is 0 Å². The van der Waals surface area contributed by atoms with E-state index in [4.69, 9.17) is 5.73 Å². The van der Waals surface area contributed by atoms with E-state index in [0.29, 0.717) is 32.0 Å². The van der Waals surface area contributed by atoms with Crippen LogP contribution >= 0.6 is 12.4 Å². The molecule has 1 rings (SSSR count). The second kappa shape index (κ2) is 9.58. The monoisotopic (exact) mass is 326 g/mol. The Morgan fingerprint density at radius 3 is 2.35 bits per heavy atom. The Bertz CT molecular complexity index is 379. The van der Waals surface area contributed by atoms with E-state index >= 15 is 0 Å². The maximum atomic E-state index is 12.0. The van der Waals surface area contributed by atoms with E-state index in [1.54, 1.807) is 4.90 Å². The van der Waals surface area contributed by atoms with Crippen LogP contribution in [0.2, 0.25) is 0 Å². The Balaban J connectivity index is 0.00000361. The van der Waals surface area contributed by atoms with Gasteiger partial charge in [0, 0.05) is 13.1 Å². The average molecular weight is 327 g/mol. The maximum absolute atomic E-state index is 12.0. The summed E-state index contributed by atoms with van der Waals surface area (Å²) in [6.45, 7) is 3.97. The molecule has 0 aromatic heterocycles. The molecule has 1 aliphatic rings. The number of nitrogens with zero attached hydrogens (tertiary/aromatic N) is 1. The van der Waals surface area contributed by atoms with Gasteiger partial charge in [0.1, 0.15) is 5.75 Å². The predicted molar refractivity (Wildman–Crippen MR) is 83.8 cm³/mol. The fourth-order valence-electron chi connectivity index (χ4n) is 2.34. The average Bonchev–Trinajstić information content (AvgIpc) is 2.38. The molecule has 20 heavy (non-hydrogen) atoms. The van der Waals surface area contributed by atoms with Crippen molar-refractivity contribution in [3.05, 3.63) is 0 Å². The van der Waals surface area contributed by atoms with Crippen LogP contribution in [-0.2, 0) is 14.6 Å². The number of amides is 1. The van der Waals surface area contributed by atoms with E-state index in [1.807, 2.05) is 6.92 Å². The lowest BCUT2D eigenvalue weighted by atomic mass is 9.97. The molecule has 0 aliphatic carbocycles. The van der Waals surface area contributed by atoms with Crippen LogP contribution in [0.5, 0.6) is 0 Å². The summed E-state index contributed by atoms with van der Waals surface area (Å²) in [6.07, 6.45) is 4.31. The van der Waals surface area contributed by atoms with Gasteiger partial charge in [-0.1, -0.05) is 19.8 Å². The first-order valence-electron chi connectivity index (χ1n) is 7.16. The standard InChI is InChI=1S/C13H26N2O3S.ClH/c1-2-3-4-9-19(17,18)11-13(16)15-7-5-12(10-14)6-8-15;/h12H,2-11,14H2,1H3;1H. The number of likely N-dealkylation sites (tertiary alicyclic amines) is 1. The van der Waals surface area contributed by atoms with Gasteiger partial charge in [0.25, 0.3) is 0 Å². The molecule has 0 unspecified atom stereocenters. The molecule has 7 heteroatoms. The van der Waals surface area contributed by atoms with E-state index in [0.717, 1.165) is 25.7 Å². The molecule has 0 spiro atoms. The van der Waals surface area contributed by atoms with Crippen molar-refractivity contribution in [2.45, 2.75) is 39.0 Å². The third-order valence-corrected chi connectivity index (χ3v) is 5.30. The molecule has 0 atom stereocenters. The highest BCUT2D eigenvalue weighted by atomic mass is 35.5. The fourth-order valence-corrected chi connectivity index (χ4v) is 3.69. The first-order chi connectivity index (χ1) is 8.98. The highest BCUT2D eigenvalue weighted by Gasteiger charge is 2.25. The Labute approximate surface area is 128 Å². The molecule has 0 radical (unpaired) electrons. The van der Waals surface area contributed by atoms with Crippen molar-refractivity contribution in [3.8, 4) is 0 Å². The Hall–Kier alpha value is -0.330. The molecule has 1 fully saturated rings. The van der Waals surface area contributed by atoms with Gasteiger partial charge in [-0.05, 0) is 31.7 Å². The van der Waals surface area contributed by atoms with Crippen LogP contribution in [0.4, 0.5) is 0 Å². The Morgan fingerprint density at radius 1 is 1.25 bits per heavy atom. The first kappa shape index (κ1) is 19.7. The Morgan fingerprint density at radius 2 is 1.85 bits per heavy atom. The number of sulfone groups is 1. The van der Waals surface area contributed by atoms with Gasteiger partial charge in [0.2, 0.25) is 5.91 Å². The van der Waals surface area contributed by atoms with Gasteiger partial charge in [0.05, 0.1) is 5.75 Å².